The minimum atomic E-state index is -3.05. The number of nitrogens with one attached hydrogen (secondary N) is 1. The van der Waals surface area contributed by atoms with Gasteiger partial charge in [0.2, 0.25) is 0 Å². The second kappa shape index (κ2) is 6.93. The Morgan fingerprint density at radius 1 is 1.33 bits per heavy atom. The molecule has 1 fully saturated rings. The number of sulfone groups is 1. The molecular formula is C15H23N3O2S. The minimum absolute atomic E-state index is 0.0358. The number of aliphatic imine (C=N–C) groups is 1. The average Bonchev–Trinajstić information content (AvgIpc) is 2.34. The molecule has 0 saturated heterocycles. The second-order valence-electron chi connectivity index (χ2n) is 5.72. The van der Waals surface area contributed by atoms with E-state index >= 15 is 0 Å². The van der Waals surface area contributed by atoms with Gasteiger partial charge in [0.05, 0.1) is 12.3 Å². The van der Waals surface area contributed by atoms with Gasteiger partial charge in [0.15, 0.2) is 15.8 Å². The van der Waals surface area contributed by atoms with Crippen LogP contribution in [0.5, 0.6) is 0 Å². The summed E-state index contributed by atoms with van der Waals surface area (Å²) in [5.74, 6) is 1.18. The van der Waals surface area contributed by atoms with Crippen molar-refractivity contribution in [3.05, 3.63) is 35.4 Å². The van der Waals surface area contributed by atoms with Gasteiger partial charge in [-0.05, 0) is 29.9 Å². The van der Waals surface area contributed by atoms with Crippen LogP contribution in [0.15, 0.2) is 29.3 Å². The van der Waals surface area contributed by atoms with Crippen LogP contribution in [-0.2, 0) is 22.1 Å². The van der Waals surface area contributed by atoms with Gasteiger partial charge in [-0.3, -0.25) is 0 Å². The van der Waals surface area contributed by atoms with Gasteiger partial charge in [-0.1, -0.05) is 30.7 Å². The highest BCUT2D eigenvalue weighted by Gasteiger charge is 2.16. The Hall–Kier alpha value is -1.56. The van der Waals surface area contributed by atoms with E-state index in [-0.39, 0.29) is 5.75 Å². The molecule has 0 unspecified atom stereocenters. The number of guanidine groups is 1. The van der Waals surface area contributed by atoms with Crippen LogP contribution in [0.25, 0.3) is 0 Å². The fourth-order valence-corrected chi connectivity index (χ4v) is 3.15. The van der Waals surface area contributed by atoms with Gasteiger partial charge < -0.3 is 11.1 Å². The van der Waals surface area contributed by atoms with Crippen molar-refractivity contribution in [1.29, 1.82) is 0 Å². The van der Waals surface area contributed by atoms with Crippen LogP contribution in [-0.4, -0.2) is 27.2 Å². The van der Waals surface area contributed by atoms with E-state index in [0.717, 1.165) is 23.6 Å². The normalized spacial score (nSPS) is 16.5. The Morgan fingerprint density at radius 2 is 2.00 bits per heavy atom. The lowest BCUT2D eigenvalue weighted by molar-refractivity contribution is 0.315. The first-order valence-electron chi connectivity index (χ1n) is 7.22. The maximum Gasteiger partial charge on any atom is 0.188 e. The van der Waals surface area contributed by atoms with Crippen molar-refractivity contribution in [1.82, 2.24) is 5.32 Å². The van der Waals surface area contributed by atoms with Gasteiger partial charge >= 0.3 is 0 Å². The summed E-state index contributed by atoms with van der Waals surface area (Å²) in [6.45, 7) is 1.27. The lowest BCUT2D eigenvalue weighted by Gasteiger charge is -2.25. The fraction of sp³-hybridized carbons (Fsp3) is 0.533. The summed E-state index contributed by atoms with van der Waals surface area (Å²) >= 11 is 0. The zero-order valence-electron chi connectivity index (χ0n) is 12.4. The lowest BCUT2D eigenvalue weighted by Crippen LogP contribution is -2.37. The molecular weight excluding hydrogens is 286 g/mol. The molecule has 3 N–H and O–H groups in total. The van der Waals surface area contributed by atoms with Crippen LogP contribution in [0.1, 0.15) is 30.4 Å². The Balaban J connectivity index is 1.95. The summed E-state index contributed by atoms with van der Waals surface area (Å²) in [5, 5.41) is 3.13. The fourth-order valence-electron chi connectivity index (χ4n) is 2.31. The van der Waals surface area contributed by atoms with Gasteiger partial charge in [0, 0.05) is 12.8 Å². The minimum Gasteiger partial charge on any atom is -0.370 e. The topological polar surface area (TPSA) is 84.5 Å². The van der Waals surface area contributed by atoms with Gasteiger partial charge in [-0.15, -0.1) is 0 Å². The lowest BCUT2D eigenvalue weighted by atomic mass is 9.85. The van der Waals surface area contributed by atoms with Crippen molar-refractivity contribution in [2.24, 2.45) is 16.6 Å². The zero-order chi connectivity index (χ0) is 15.3. The number of benzene rings is 1. The third-order valence-corrected chi connectivity index (χ3v) is 4.59. The van der Waals surface area contributed by atoms with E-state index < -0.39 is 9.84 Å². The third kappa shape index (κ3) is 5.38. The van der Waals surface area contributed by atoms with Gasteiger partial charge in [-0.2, -0.15) is 0 Å². The van der Waals surface area contributed by atoms with E-state index in [0.29, 0.717) is 12.5 Å². The molecule has 116 valence electrons. The summed E-state index contributed by atoms with van der Waals surface area (Å²) in [5.41, 5.74) is 7.53. The molecule has 0 heterocycles. The Bertz CT molecular complexity index is 607. The van der Waals surface area contributed by atoms with Crippen LogP contribution in [0.3, 0.4) is 0 Å². The first kappa shape index (κ1) is 15.8. The number of hydrogen-bond donors (Lipinski definition) is 2. The maximum atomic E-state index is 11.4. The second-order valence-corrected chi connectivity index (χ2v) is 7.86. The molecule has 1 aromatic rings. The molecule has 0 aliphatic heterocycles. The van der Waals surface area contributed by atoms with Crippen molar-refractivity contribution in [3.8, 4) is 0 Å². The quantitative estimate of drug-likeness (QED) is 0.615. The average molecular weight is 309 g/mol. The molecule has 2 rings (SSSR count). The van der Waals surface area contributed by atoms with Gasteiger partial charge in [0.25, 0.3) is 0 Å². The molecule has 0 spiro atoms. The SMILES string of the molecule is CS(=O)(=O)Cc1ccccc1CN=C(N)NCC1CCC1. The van der Waals surface area contributed by atoms with Crippen molar-refractivity contribution < 1.29 is 8.42 Å². The summed E-state index contributed by atoms with van der Waals surface area (Å²) in [6, 6.07) is 7.44. The maximum absolute atomic E-state index is 11.4. The molecule has 1 aliphatic rings. The zero-order valence-corrected chi connectivity index (χ0v) is 13.2. The summed E-state index contributed by atoms with van der Waals surface area (Å²) in [4.78, 5) is 4.30. The summed E-state index contributed by atoms with van der Waals surface area (Å²) < 4.78 is 22.9. The molecule has 1 saturated carbocycles. The summed E-state index contributed by atoms with van der Waals surface area (Å²) in [6.07, 6.45) is 5.07. The van der Waals surface area contributed by atoms with Crippen LogP contribution >= 0.6 is 0 Å². The standard InChI is InChI=1S/C15H23N3O2S/c1-21(19,20)11-14-8-3-2-7-13(14)10-18-15(16)17-9-12-5-4-6-12/h2-3,7-8,12H,4-6,9-11H2,1H3,(H3,16,17,18). The number of nitrogens with two attached hydrogens (primary N) is 1. The summed E-state index contributed by atoms with van der Waals surface area (Å²) in [7, 11) is -3.05. The Morgan fingerprint density at radius 3 is 2.57 bits per heavy atom. The smallest absolute Gasteiger partial charge is 0.188 e. The molecule has 0 atom stereocenters. The molecule has 5 nitrogen and oxygen atoms in total. The predicted molar refractivity (Wildman–Crippen MR) is 85.7 cm³/mol. The molecule has 0 aromatic heterocycles. The molecule has 1 aromatic carbocycles. The predicted octanol–water partition coefficient (Wildman–Crippen LogP) is 1.44. The molecule has 0 bridgehead atoms. The highest BCUT2D eigenvalue weighted by atomic mass is 32.2. The molecule has 0 amide bonds. The van der Waals surface area contributed by atoms with E-state index in [9.17, 15) is 8.42 Å². The Labute approximate surface area is 126 Å². The highest BCUT2D eigenvalue weighted by Crippen LogP contribution is 2.25. The third-order valence-electron chi connectivity index (χ3n) is 3.75. The van der Waals surface area contributed by atoms with Crippen LogP contribution in [0.2, 0.25) is 0 Å². The van der Waals surface area contributed by atoms with Crippen molar-refractivity contribution >= 4 is 15.8 Å². The molecule has 0 radical (unpaired) electrons. The number of nitrogens with zero attached hydrogens (tertiary/aromatic N) is 1. The van der Waals surface area contributed by atoms with Crippen molar-refractivity contribution in [2.75, 3.05) is 12.8 Å². The van der Waals surface area contributed by atoms with Crippen LogP contribution in [0.4, 0.5) is 0 Å². The monoisotopic (exact) mass is 309 g/mol. The van der Waals surface area contributed by atoms with Crippen LogP contribution < -0.4 is 11.1 Å². The molecule has 21 heavy (non-hydrogen) atoms. The van der Waals surface area contributed by atoms with Gasteiger partial charge in [-0.25, -0.2) is 13.4 Å². The van der Waals surface area contributed by atoms with Crippen molar-refractivity contribution in [2.45, 2.75) is 31.6 Å². The highest BCUT2D eigenvalue weighted by molar-refractivity contribution is 7.89. The first-order chi connectivity index (χ1) is 9.94. The van der Waals surface area contributed by atoms with E-state index in [4.69, 9.17) is 5.73 Å². The first-order valence-corrected chi connectivity index (χ1v) is 9.28. The van der Waals surface area contributed by atoms with E-state index in [2.05, 4.69) is 10.3 Å². The van der Waals surface area contributed by atoms with Crippen LogP contribution in [0, 0.1) is 5.92 Å². The molecule has 1 aliphatic carbocycles. The van der Waals surface area contributed by atoms with E-state index in [1.807, 2.05) is 24.3 Å². The largest absolute Gasteiger partial charge is 0.370 e. The van der Waals surface area contributed by atoms with Crippen molar-refractivity contribution in [3.63, 3.8) is 0 Å². The van der Waals surface area contributed by atoms with E-state index in [1.165, 1.54) is 25.5 Å². The Kier molecular flexibility index (Phi) is 5.22. The number of rotatable bonds is 6. The number of hydrogen-bond acceptors (Lipinski definition) is 3. The molecule has 6 heteroatoms. The van der Waals surface area contributed by atoms with Gasteiger partial charge in [0.1, 0.15) is 0 Å². The van der Waals surface area contributed by atoms with E-state index in [1.54, 1.807) is 0 Å².